The van der Waals surface area contributed by atoms with Crippen molar-refractivity contribution in [3.63, 3.8) is 0 Å². The number of hydrogen-bond acceptors (Lipinski definition) is 2. The molecule has 22 heavy (non-hydrogen) atoms. The molecule has 0 amide bonds. The Labute approximate surface area is 125 Å². The molecule has 1 saturated carbocycles. The molecule has 8 heteroatoms. The average Bonchev–Trinajstić information content (AvgIpc) is 2.41. The molecule has 1 aliphatic carbocycles. The van der Waals surface area contributed by atoms with Crippen molar-refractivity contribution >= 4 is 0 Å². The fourth-order valence-electron chi connectivity index (χ4n) is 3.86. The van der Waals surface area contributed by atoms with Gasteiger partial charge in [-0.1, -0.05) is 6.92 Å². The predicted molar refractivity (Wildman–Crippen MR) is 66.1 cm³/mol. The predicted octanol–water partition coefficient (Wildman–Crippen LogP) is 4.19. The highest BCUT2D eigenvalue weighted by atomic mass is 19.4. The van der Waals surface area contributed by atoms with Crippen molar-refractivity contribution in [2.45, 2.75) is 57.9 Å². The van der Waals surface area contributed by atoms with Crippen LogP contribution in [-0.4, -0.2) is 37.3 Å². The van der Waals surface area contributed by atoms with Crippen molar-refractivity contribution in [1.82, 2.24) is 0 Å². The van der Waals surface area contributed by atoms with Crippen molar-refractivity contribution in [2.75, 3.05) is 6.61 Å². The molecule has 1 heterocycles. The molecule has 0 aromatic carbocycles. The van der Waals surface area contributed by atoms with Gasteiger partial charge in [0.25, 0.3) is 0 Å². The van der Waals surface area contributed by atoms with E-state index in [9.17, 15) is 26.3 Å². The van der Waals surface area contributed by atoms with E-state index in [1.807, 2.05) is 0 Å². The molecule has 2 nitrogen and oxygen atoms in total. The second kappa shape index (κ2) is 5.85. The first-order chi connectivity index (χ1) is 9.98. The summed E-state index contributed by atoms with van der Waals surface area (Å²) in [5.74, 6) is -3.94. The summed E-state index contributed by atoms with van der Waals surface area (Å²) in [4.78, 5) is 0. The van der Waals surface area contributed by atoms with Gasteiger partial charge in [0.1, 0.15) is 0 Å². The van der Waals surface area contributed by atoms with Crippen LogP contribution >= 0.6 is 0 Å². The van der Waals surface area contributed by atoms with Crippen LogP contribution in [-0.2, 0) is 9.47 Å². The minimum Gasteiger partial charge on any atom is -0.378 e. The van der Waals surface area contributed by atoms with Gasteiger partial charge in [0, 0.05) is 6.61 Å². The van der Waals surface area contributed by atoms with Crippen LogP contribution in [0.15, 0.2) is 0 Å². The van der Waals surface area contributed by atoms with Crippen LogP contribution in [0.2, 0.25) is 0 Å². The van der Waals surface area contributed by atoms with Gasteiger partial charge in [-0.15, -0.1) is 0 Å². The first-order valence-corrected chi connectivity index (χ1v) is 7.39. The molecule has 0 aromatic rings. The first kappa shape index (κ1) is 17.8. The Morgan fingerprint density at radius 2 is 1.64 bits per heavy atom. The Balaban J connectivity index is 2.31. The quantitative estimate of drug-likeness (QED) is 0.705. The van der Waals surface area contributed by atoms with Crippen molar-refractivity contribution in [2.24, 2.45) is 23.7 Å². The van der Waals surface area contributed by atoms with E-state index in [0.29, 0.717) is 0 Å². The third-order valence-corrected chi connectivity index (χ3v) is 5.00. The van der Waals surface area contributed by atoms with E-state index < -0.39 is 60.8 Å². The van der Waals surface area contributed by atoms with E-state index in [1.54, 1.807) is 13.8 Å². The maximum absolute atomic E-state index is 13.2. The monoisotopic (exact) mass is 334 g/mol. The van der Waals surface area contributed by atoms with Gasteiger partial charge in [0.05, 0.1) is 18.1 Å². The van der Waals surface area contributed by atoms with Crippen LogP contribution in [0.4, 0.5) is 26.3 Å². The highest BCUT2D eigenvalue weighted by molar-refractivity contribution is 5.06. The Morgan fingerprint density at radius 3 is 2.09 bits per heavy atom. The highest BCUT2D eigenvalue weighted by Gasteiger charge is 2.66. The van der Waals surface area contributed by atoms with Gasteiger partial charge >= 0.3 is 12.4 Å². The van der Waals surface area contributed by atoms with E-state index in [2.05, 4.69) is 0 Å². The second-order valence-electron chi connectivity index (χ2n) is 6.19. The fourth-order valence-corrected chi connectivity index (χ4v) is 3.86. The van der Waals surface area contributed by atoms with E-state index in [4.69, 9.17) is 9.47 Å². The van der Waals surface area contributed by atoms with E-state index in [0.717, 1.165) is 0 Å². The summed E-state index contributed by atoms with van der Waals surface area (Å²) in [6.07, 6.45) is -13.9. The SMILES string of the molecule is CCOC1C(C(F)(F)F)C2CC(C(F)(F)F)OC(C)C(C)[C@@H]21. The largest absolute Gasteiger partial charge is 0.414 e. The van der Waals surface area contributed by atoms with E-state index >= 15 is 0 Å². The summed E-state index contributed by atoms with van der Waals surface area (Å²) in [7, 11) is 0. The van der Waals surface area contributed by atoms with Gasteiger partial charge < -0.3 is 9.47 Å². The minimum atomic E-state index is -4.66. The molecule has 6 unspecified atom stereocenters. The van der Waals surface area contributed by atoms with Crippen LogP contribution in [0.5, 0.6) is 0 Å². The zero-order valence-corrected chi connectivity index (χ0v) is 12.5. The molecule has 2 fully saturated rings. The molecule has 2 rings (SSSR count). The first-order valence-electron chi connectivity index (χ1n) is 7.39. The Hall–Kier alpha value is -0.500. The van der Waals surface area contributed by atoms with Crippen LogP contribution in [0.1, 0.15) is 27.2 Å². The van der Waals surface area contributed by atoms with E-state index in [1.165, 1.54) is 6.92 Å². The third-order valence-electron chi connectivity index (χ3n) is 5.00. The molecule has 0 N–H and O–H groups in total. The second-order valence-corrected chi connectivity index (χ2v) is 6.19. The number of hydrogen-bond donors (Lipinski definition) is 0. The fraction of sp³-hybridized carbons (Fsp3) is 1.00. The lowest BCUT2D eigenvalue weighted by Gasteiger charge is -2.54. The summed E-state index contributed by atoms with van der Waals surface area (Å²) < 4.78 is 88.8. The normalized spacial score (nSPS) is 43.2. The number of ether oxygens (including phenoxy) is 2. The molecule has 1 aliphatic heterocycles. The lowest BCUT2D eigenvalue weighted by molar-refractivity contribution is -0.293. The van der Waals surface area contributed by atoms with E-state index in [-0.39, 0.29) is 6.61 Å². The van der Waals surface area contributed by atoms with Crippen molar-refractivity contribution < 1.29 is 35.8 Å². The van der Waals surface area contributed by atoms with Crippen LogP contribution in [0.25, 0.3) is 0 Å². The van der Waals surface area contributed by atoms with Crippen molar-refractivity contribution in [1.29, 1.82) is 0 Å². The minimum absolute atomic E-state index is 0.102. The zero-order valence-electron chi connectivity index (χ0n) is 12.5. The van der Waals surface area contributed by atoms with Crippen LogP contribution in [0, 0.1) is 23.7 Å². The summed E-state index contributed by atoms with van der Waals surface area (Å²) in [6, 6.07) is 0. The number of alkyl halides is 6. The molecule has 130 valence electrons. The van der Waals surface area contributed by atoms with Gasteiger partial charge in [0.15, 0.2) is 6.10 Å². The van der Waals surface area contributed by atoms with Gasteiger partial charge in [-0.3, -0.25) is 0 Å². The molecule has 7 atom stereocenters. The van der Waals surface area contributed by atoms with Crippen molar-refractivity contribution in [3.8, 4) is 0 Å². The molecule has 0 radical (unpaired) electrons. The molecule has 0 bridgehead atoms. The van der Waals surface area contributed by atoms with Crippen LogP contribution in [0.3, 0.4) is 0 Å². The Bertz CT molecular complexity index is 394. The molecule has 0 aromatic heterocycles. The zero-order chi connectivity index (χ0) is 16.9. The highest BCUT2D eigenvalue weighted by Crippen LogP contribution is 2.58. The topological polar surface area (TPSA) is 18.5 Å². The lowest BCUT2D eigenvalue weighted by Crippen LogP contribution is -2.61. The smallest absolute Gasteiger partial charge is 0.378 e. The van der Waals surface area contributed by atoms with Crippen LogP contribution < -0.4 is 0 Å². The van der Waals surface area contributed by atoms with Crippen molar-refractivity contribution in [3.05, 3.63) is 0 Å². The average molecular weight is 334 g/mol. The number of halogens is 6. The van der Waals surface area contributed by atoms with Gasteiger partial charge in [-0.2, -0.15) is 26.3 Å². The number of fused-ring (bicyclic) bond motifs is 1. The van der Waals surface area contributed by atoms with Gasteiger partial charge in [-0.25, -0.2) is 0 Å². The summed E-state index contributed by atoms with van der Waals surface area (Å²) in [5, 5.41) is 0. The summed E-state index contributed by atoms with van der Waals surface area (Å²) >= 11 is 0. The molecular formula is C14H20F6O2. The lowest BCUT2D eigenvalue weighted by atomic mass is 9.55. The Morgan fingerprint density at radius 1 is 1.05 bits per heavy atom. The molecular weight excluding hydrogens is 314 g/mol. The van der Waals surface area contributed by atoms with Gasteiger partial charge in [-0.05, 0) is 38.0 Å². The Kier molecular flexibility index (Phi) is 4.75. The third kappa shape index (κ3) is 3.09. The summed E-state index contributed by atoms with van der Waals surface area (Å²) in [5.41, 5.74) is 0. The molecule has 2 aliphatic rings. The molecule has 1 saturated heterocycles. The molecule has 0 spiro atoms. The van der Waals surface area contributed by atoms with Gasteiger partial charge in [0.2, 0.25) is 0 Å². The standard InChI is InChI=1S/C14H20F6O2/c1-4-21-12-10-6(2)7(3)22-9(13(15,16)17)5-8(10)11(12)14(18,19)20/h6-12H,4-5H2,1-3H3/t6?,7?,8?,9?,10-,11?,12?/m0/s1. The number of rotatable bonds is 2. The maximum atomic E-state index is 13.2. The summed E-state index contributed by atoms with van der Waals surface area (Å²) in [6.45, 7) is 4.81. The maximum Gasteiger partial charge on any atom is 0.414 e.